The molecule has 0 aromatic carbocycles. The highest BCUT2D eigenvalue weighted by atomic mass is 16.2. The molecule has 118 valence electrons. The first-order chi connectivity index (χ1) is 10.6. The first-order valence-electron chi connectivity index (χ1n) is 7.42. The van der Waals surface area contributed by atoms with Gasteiger partial charge in [0.25, 0.3) is 5.91 Å². The Kier molecular flexibility index (Phi) is 4.03. The number of carbonyl (C=O) groups excluding carboxylic acids is 3. The van der Waals surface area contributed by atoms with Gasteiger partial charge in [0, 0.05) is 19.4 Å². The van der Waals surface area contributed by atoms with E-state index in [4.69, 9.17) is 0 Å². The van der Waals surface area contributed by atoms with Crippen LogP contribution in [0, 0.1) is 0 Å². The number of aromatic nitrogens is 3. The minimum Gasteiger partial charge on any atom is -0.349 e. The summed E-state index contributed by atoms with van der Waals surface area (Å²) in [7, 11) is 0. The van der Waals surface area contributed by atoms with Crippen LogP contribution in [0.5, 0.6) is 0 Å². The van der Waals surface area contributed by atoms with Crippen LogP contribution in [0.3, 0.4) is 0 Å². The summed E-state index contributed by atoms with van der Waals surface area (Å²) in [5.74, 6) is 1.17. The average Bonchev–Trinajstić information content (AvgIpc) is 3.06. The Labute approximate surface area is 126 Å². The molecule has 9 heteroatoms. The lowest BCUT2D eigenvalue weighted by Crippen LogP contribution is -2.32. The normalized spacial score (nSPS) is 20.3. The summed E-state index contributed by atoms with van der Waals surface area (Å²) in [6.45, 7) is 1.22. The van der Waals surface area contributed by atoms with Gasteiger partial charge in [-0.15, -0.1) is 10.2 Å². The SMILES string of the molecule is O=C(CC[C@@H]1NC(=O)NC1=O)NCc1nnc2n1CCCC2. The van der Waals surface area contributed by atoms with E-state index in [1.165, 1.54) is 0 Å². The minimum absolute atomic E-state index is 0.166. The van der Waals surface area contributed by atoms with Gasteiger partial charge in [-0.2, -0.15) is 0 Å². The van der Waals surface area contributed by atoms with Gasteiger partial charge in [0.05, 0.1) is 6.54 Å². The summed E-state index contributed by atoms with van der Waals surface area (Å²) < 4.78 is 2.05. The second-order valence-electron chi connectivity index (χ2n) is 5.47. The van der Waals surface area contributed by atoms with Gasteiger partial charge in [-0.25, -0.2) is 4.79 Å². The molecular weight excluding hydrogens is 288 g/mol. The van der Waals surface area contributed by atoms with Gasteiger partial charge in [0.1, 0.15) is 11.9 Å². The molecule has 1 saturated heterocycles. The smallest absolute Gasteiger partial charge is 0.322 e. The first-order valence-corrected chi connectivity index (χ1v) is 7.42. The van der Waals surface area contributed by atoms with Crippen LogP contribution in [0.4, 0.5) is 4.79 Å². The highest BCUT2D eigenvalue weighted by Gasteiger charge is 2.29. The Hall–Kier alpha value is -2.45. The summed E-state index contributed by atoms with van der Waals surface area (Å²) >= 11 is 0. The van der Waals surface area contributed by atoms with Gasteiger partial charge < -0.3 is 15.2 Å². The van der Waals surface area contributed by atoms with Crippen LogP contribution in [0.1, 0.15) is 37.3 Å². The van der Waals surface area contributed by atoms with Crippen molar-refractivity contribution >= 4 is 17.8 Å². The molecule has 9 nitrogen and oxygen atoms in total. The number of rotatable bonds is 5. The van der Waals surface area contributed by atoms with Gasteiger partial charge in [-0.05, 0) is 19.3 Å². The van der Waals surface area contributed by atoms with E-state index in [9.17, 15) is 14.4 Å². The topological polar surface area (TPSA) is 118 Å². The summed E-state index contributed by atoms with van der Waals surface area (Å²) in [4.78, 5) is 34.2. The standard InChI is InChI=1S/C13H18N6O3/c20-11(5-4-8-12(21)16-13(22)15-8)14-7-10-18-17-9-3-1-2-6-19(9)10/h8H,1-7H2,(H,14,20)(H2,15,16,21,22)/t8-/m0/s1. The maximum Gasteiger partial charge on any atom is 0.322 e. The third kappa shape index (κ3) is 3.07. The van der Waals surface area contributed by atoms with E-state index >= 15 is 0 Å². The second-order valence-corrected chi connectivity index (χ2v) is 5.47. The highest BCUT2D eigenvalue weighted by molar-refractivity contribution is 6.04. The van der Waals surface area contributed by atoms with E-state index in [0.717, 1.165) is 37.5 Å². The summed E-state index contributed by atoms with van der Waals surface area (Å²) in [5.41, 5.74) is 0. The van der Waals surface area contributed by atoms with E-state index in [2.05, 4.69) is 30.7 Å². The summed E-state index contributed by atoms with van der Waals surface area (Å²) in [6.07, 6.45) is 3.60. The van der Waals surface area contributed by atoms with E-state index in [1.807, 2.05) is 0 Å². The molecule has 1 atom stereocenters. The molecule has 3 rings (SSSR count). The van der Waals surface area contributed by atoms with Crippen molar-refractivity contribution < 1.29 is 14.4 Å². The number of imide groups is 1. The highest BCUT2D eigenvalue weighted by Crippen LogP contribution is 2.14. The van der Waals surface area contributed by atoms with Gasteiger partial charge in [-0.1, -0.05) is 0 Å². The van der Waals surface area contributed by atoms with Crippen LogP contribution in [0.15, 0.2) is 0 Å². The average molecular weight is 306 g/mol. The number of nitrogens with zero attached hydrogens (tertiary/aromatic N) is 3. The lowest BCUT2D eigenvalue weighted by Gasteiger charge is -2.15. The minimum atomic E-state index is -0.626. The molecule has 0 unspecified atom stereocenters. The monoisotopic (exact) mass is 306 g/mol. The molecule has 3 heterocycles. The van der Waals surface area contributed by atoms with E-state index in [1.54, 1.807) is 0 Å². The van der Waals surface area contributed by atoms with E-state index < -0.39 is 12.1 Å². The molecule has 0 saturated carbocycles. The van der Waals surface area contributed by atoms with Crippen LogP contribution in [-0.2, 0) is 29.1 Å². The Morgan fingerprint density at radius 1 is 1.32 bits per heavy atom. The Morgan fingerprint density at radius 3 is 2.95 bits per heavy atom. The third-order valence-corrected chi connectivity index (χ3v) is 3.90. The van der Waals surface area contributed by atoms with Crippen molar-refractivity contribution in [2.45, 2.75) is 51.2 Å². The zero-order valence-corrected chi connectivity index (χ0v) is 12.1. The van der Waals surface area contributed by atoms with E-state index in [-0.39, 0.29) is 24.7 Å². The molecule has 1 fully saturated rings. The molecule has 1 aromatic rings. The fraction of sp³-hybridized carbons (Fsp3) is 0.615. The molecule has 3 N–H and O–H groups in total. The second kappa shape index (κ2) is 6.12. The largest absolute Gasteiger partial charge is 0.349 e. The van der Waals surface area contributed by atoms with Crippen LogP contribution in [0.2, 0.25) is 0 Å². The zero-order chi connectivity index (χ0) is 15.5. The third-order valence-electron chi connectivity index (χ3n) is 3.90. The number of hydrogen-bond donors (Lipinski definition) is 3. The molecule has 0 bridgehead atoms. The van der Waals surface area contributed by atoms with Crippen molar-refractivity contribution in [3.63, 3.8) is 0 Å². The first kappa shape index (κ1) is 14.5. The van der Waals surface area contributed by atoms with Gasteiger partial charge in [-0.3, -0.25) is 14.9 Å². The summed E-state index contributed by atoms with van der Waals surface area (Å²) in [5, 5.41) is 15.6. The summed E-state index contributed by atoms with van der Waals surface area (Å²) in [6, 6.07) is -1.13. The number of aryl methyl sites for hydroxylation is 1. The molecule has 2 aliphatic rings. The quantitative estimate of drug-likeness (QED) is 0.617. The number of amides is 4. The fourth-order valence-electron chi connectivity index (χ4n) is 2.70. The van der Waals surface area contributed by atoms with Crippen molar-refractivity contribution in [2.75, 3.05) is 0 Å². The molecule has 0 spiro atoms. The van der Waals surface area contributed by atoms with Crippen molar-refractivity contribution in [1.82, 2.24) is 30.7 Å². The van der Waals surface area contributed by atoms with Crippen LogP contribution in [0.25, 0.3) is 0 Å². The Balaban J connectivity index is 1.45. The van der Waals surface area contributed by atoms with Gasteiger partial charge in [0.15, 0.2) is 5.82 Å². The molecule has 22 heavy (non-hydrogen) atoms. The maximum absolute atomic E-state index is 11.8. The lowest BCUT2D eigenvalue weighted by molar-refractivity contribution is -0.122. The Morgan fingerprint density at radius 2 is 2.18 bits per heavy atom. The number of nitrogens with one attached hydrogen (secondary N) is 3. The van der Waals surface area contributed by atoms with Gasteiger partial charge in [0.2, 0.25) is 5.91 Å². The lowest BCUT2D eigenvalue weighted by atomic mass is 10.1. The number of hydrogen-bond acceptors (Lipinski definition) is 5. The van der Waals surface area contributed by atoms with Crippen LogP contribution >= 0.6 is 0 Å². The van der Waals surface area contributed by atoms with Crippen molar-refractivity contribution in [2.24, 2.45) is 0 Å². The predicted molar refractivity (Wildman–Crippen MR) is 74.5 cm³/mol. The maximum atomic E-state index is 11.8. The van der Waals surface area contributed by atoms with E-state index in [0.29, 0.717) is 6.54 Å². The molecule has 2 aliphatic heterocycles. The van der Waals surface area contributed by atoms with Gasteiger partial charge >= 0.3 is 6.03 Å². The van der Waals surface area contributed by atoms with Crippen LogP contribution in [-0.4, -0.2) is 38.7 Å². The number of fused-ring (bicyclic) bond motifs is 1. The molecule has 1 aromatic heterocycles. The Bertz CT molecular complexity index is 611. The fourth-order valence-corrected chi connectivity index (χ4v) is 2.70. The molecule has 0 aliphatic carbocycles. The van der Waals surface area contributed by atoms with Crippen molar-refractivity contribution in [3.05, 3.63) is 11.6 Å². The molecular formula is C13H18N6O3. The number of carbonyl (C=O) groups is 3. The molecule has 0 radical (unpaired) electrons. The van der Waals surface area contributed by atoms with Crippen molar-refractivity contribution in [1.29, 1.82) is 0 Å². The molecule has 4 amide bonds. The van der Waals surface area contributed by atoms with Crippen LogP contribution < -0.4 is 16.0 Å². The number of urea groups is 1. The zero-order valence-electron chi connectivity index (χ0n) is 12.1. The van der Waals surface area contributed by atoms with Crippen molar-refractivity contribution in [3.8, 4) is 0 Å². The predicted octanol–water partition coefficient (Wildman–Crippen LogP) is -0.781.